The molecule has 0 saturated heterocycles. The molecule has 4 heteroatoms. The highest BCUT2D eigenvalue weighted by Crippen LogP contribution is 2.30. The Balaban J connectivity index is 2.31. The first-order valence-electron chi connectivity index (χ1n) is 4.80. The first kappa shape index (κ1) is 9.13. The van der Waals surface area contributed by atoms with Crippen LogP contribution in [0.2, 0.25) is 0 Å². The topological polar surface area (TPSA) is 52.5 Å². The Hall–Kier alpha value is -2.12. The second kappa shape index (κ2) is 3.47. The van der Waals surface area contributed by atoms with Gasteiger partial charge in [-0.3, -0.25) is 0 Å². The Kier molecular flexibility index (Phi) is 1.98. The molecular formula is C12H7N3S. The molecule has 2 heterocycles. The van der Waals surface area contributed by atoms with Gasteiger partial charge >= 0.3 is 0 Å². The number of nitrogens with one attached hydrogen (secondary N) is 1. The van der Waals surface area contributed by atoms with E-state index in [2.05, 4.69) is 16.0 Å². The lowest BCUT2D eigenvalue weighted by Crippen LogP contribution is -1.78. The second-order valence-electron chi connectivity index (χ2n) is 3.39. The second-order valence-corrected chi connectivity index (χ2v) is 4.24. The first-order chi connectivity index (χ1) is 7.90. The molecule has 0 bridgehead atoms. The maximum Gasteiger partial charge on any atom is 0.132 e. The van der Waals surface area contributed by atoms with Crippen LogP contribution in [0.15, 0.2) is 36.0 Å². The summed E-state index contributed by atoms with van der Waals surface area (Å²) in [6.45, 7) is 0. The molecule has 1 aromatic carbocycles. The normalized spacial score (nSPS) is 10.4. The Bertz CT molecular complexity index is 687. The van der Waals surface area contributed by atoms with Crippen molar-refractivity contribution in [2.45, 2.75) is 0 Å². The van der Waals surface area contributed by atoms with Crippen LogP contribution in [-0.2, 0) is 0 Å². The number of rotatable bonds is 1. The quantitative estimate of drug-likeness (QED) is 0.691. The minimum absolute atomic E-state index is 0.657. The molecule has 16 heavy (non-hydrogen) atoms. The van der Waals surface area contributed by atoms with E-state index in [9.17, 15) is 0 Å². The summed E-state index contributed by atoms with van der Waals surface area (Å²) in [5.74, 6) is 0. The molecule has 76 valence electrons. The third-order valence-electron chi connectivity index (χ3n) is 2.51. The average molecular weight is 225 g/mol. The van der Waals surface area contributed by atoms with Crippen LogP contribution in [0, 0.1) is 11.3 Å². The van der Waals surface area contributed by atoms with Gasteiger partial charge in [0.05, 0.1) is 5.51 Å². The largest absolute Gasteiger partial charge is 0.360 e. The SMILES string of the molecule is N#Cc1scnc1-c1c[nH]c2ccccc12. The lowest BCUT2D eigenvalue weighted by Gasteiger charge is -1.94. The Labute approximate surface area is 96.0 Å². The minimum atomic E-state index is 0.657. The molecule has 0 spiro atoms. The molecule has 0 saturated carbocycles. The van der Waals surface area contributed by atoms with E-state index < -0.39 is 0 Å². The summed E-state index contributed by atoms with van der Waals surface area (Å²) >= 11 is 1.37. The standard InChI is InChI=1S/C12H7N3S/c13-5-11-12(15-7-16-11)9-6-14-10-4-2-1-3-8(9)10/h1-4,6-7,14H. The van der Waals surface area contributed by atoms with Crippen molar-refractivity contribution in [2.24, 2.45) is 0 Å². The summed E-state index contributed by atoms with van der Waals surface area (Å²) in [7, 11) is 0. The van der Waals surface area contributed by atoms with Crippen LogP contribution in [0.1, 0.15) is 4.88 Å². The number of thiazole rings is 1. The summed E-state index contributed by atoms with van der Waals surface area (Å²) in [6.07, 6.45) is 1.90. The molecule has 0 fully saturated rings. The first-order valence-corrected chi connectivity index (χ1v) is 5.68. The van der Waals surface area contributed by atoms with E-state index in [0.29, 0.717) is 4.88 Å². The number of fused-ring (bicyclic) bond motifs is 1. The smallest absolute Gasteiger partial charge is 0.132 e. The highest BCUT2D eigenvalue weighted by atomic mass is 32.1. The molecule has 0 unspecified atom stereocenters. The molecule has 0 aliphatic rings. The van der Waals surface area contributed by atoms with Gasteiger partial charge in [-0.15, -0.1) is 11.3 Å². The summed E-state index contributed by atoms with van der Waals surface area (Å²) in [5.41, 5.74) is 4.53. The van der Waals surface area contributed by atoms with Crippen LogP contribution < -0.4 is 0 Å². The molecule has 0 aliphatic heterocycles. The summed E-state index contributed by atoms with van der Waals surface area (Å²) in [5, 5.41) is 10.1. The van der Waals surface area contributed by atoms with E-state index >= 15 is 0 Å². The third-order valence-corrected chi connectivity index (χ3v) is 3.24. The van der Waals surface area contributed by atoms with E-state index in [4.69, 9.17) is 5.26 Å². The fourth-order valence-electron chi connectivity index (χ4n) is 1.78. The van der Waals surface area contributed by atoms with Gasteiger partial charge in [-0.05, 0) is 6.07 Å². The number of benzene rings is 1. The van der Waals surface area contributed by atoms with Crippen molar-refractivity contribution < 1.29 is 0 Å². The van der Waals surface area contributed by atoms with Crippen molar-refractivity contribution in [3.63, 3.8) is 0 Å². The van der Waals surface area contributed by atoms with Crippen molar-refractivity contribution in [2.75, 3.05) is 0 Å². The maximum absolute atomic E-state index is 8.99. The number of aromatic amines is 1. The highest BCUT2D eigenvalue weighted by Gasteiger charge is 2.12. The molecule has 3 aromatic rings. The fraction of sp³-hybridized carbons (Fsp3) is 0. The van der Waals surface area contributed by atoms with Crippen LogP contribution >= 0.6 is 11.3 Å². The molecule has 0 radical (unpaired) electrons. The minimum Gasteiger partial charge on any atom is -0.360 e. The number of nitrogens with zero attached hydrogens (tertiary/aromatic N) is 2. The zero-order valence-electron chi connectivity index (χ0n) is 8.27. The molecular weight excluding hydrogens is 218 g/mol. The molecule has 3 rings (SSSR count). The predicted molar refractivity (Wildman–Crippen MR) is 64.1 cm³/mol. The van der Waals surface area contributed by atoms with E-state index in [1.54, 1.807) is 5.51 Å². The lowest BCUT2D eigenvalue weighted by molar-refractivity contribution is 1.39. The Morgan fingerprint density at radius 3 is 3.06 bits per heavy atom. The van der Waals surface area contributed by atoms with Crippen molar-refractivity contribution >= 4 is 22.2 Å². The van der Waals surface area contributed by atoms with E-state index in [0.717, 1.165) is 22.2 Å². The summed E-state index contributed by atoms with van der Waals surface area (Å²) in [6, 6.07) is 10.2. The lowest BCUT2D eigenvalue weighted by atomic mass is 10.1. The van der Waals surface area contributed by atoms with Gasteiger partial charge in [-0.2, -0.15) is 5.26 Å². The Morgan fingerprint density at radius 1 is 1.31 bits per heavy atom. The number of aromatic nitrogens is 2. The number of H-pyrrole nitrogens is 1. The van der Waals surface area contributed by atoms with E-state index in [-0.39, 0.29) is 0 Å². The van der Waals surface area contributed by atoms with Gasteiger partial charge < -0.3 is 4.98 Å². The monoisotopic (exact) mass is 225 g/mol. The zero-order valence-corrected chi connectivity index (χ0v) is 9.08. The average Bonchev–Trinajstić information content (AvgIpc) is 2.94. The van der Waals surface area contributed by atoms with Crippen LogP contribution in [0.5, 0.6) is 0 Å². The zero-order chi connectivity index (χ0) is 11.0. The van der Waals surface area contributed by atoms with Gasteiger partial charge in [-0.1, -0.05) is 18.2 Å². The van der Waals surface area contributed by atoms with Crippen molar-refractivity contribution in [1.29, 1.82) is 5.26 Å². The third kappa shape index (κ3) is 1.23. The molecule has 0 atom stereocenters. The van der Waals surface area contributed by atoms with Crippen molar-refractivity contribution in [3.05, 3.63) is 40.8 Å². The molecule has 0 amide bonds. The van der Waals surface area contributed by atoms with Crippen LogP contribution in [0.3, 0.4) is 0 Å². The van der Waals surface area contributed by atoms with Crippen LogP contribution in [0.25, 0.3) is 22.2 Å². The predicted octanol–water partition coefficient (Wildman–Crippen LogP) is 3.16. The van der Waals surface area contributed by atoms with Crippen LogP contribution in [0.4, 0.5) is 0 Å². The van der Waals surface area contributed by atoms with E-state index in [1.165, 1.54) is 11.3 Å². The highest BCUT2D eigenvalue weighted by molar-refractivity contribution is 7.10. The van der Waals surface area contributed by atoms with E-state index in [1.807, 2.05) is 30.5 Å². The Morgan fingerprint density at radius 2 is 2.19 bits per heavy atom. The number of hydrogen-bond acceptors (Lipinski definition) is 3. The molecule has 3 nitrogen and oxygen atoms in total. The number of para-hydroxylation sites is 1. The number of nitriles is 1. The van der Waals surface area contributed by atoms with Crippen LogP contribution in [-0.4, -0.2) is 9.97 Å². The van der Waals surface area contributed by atoms with Gasteiger partial charge in [0, 0.05) is 22.7 Å². The fourth-order valence-corrected chi connectivity index (χ4v) is 2.38. The molecule has 0 aliphatic carbocycles. The molecule has 2 aromatic heterocycles. The van der Waals surface area contributed by atoms with Gasteiger partial charge in [0.2, 0.25) is 0 Å². The summed E-state index contributed by atoms with van der Waals surface area (Å²) < 4.78 is 0. The maximum atomic E-state index is 8.99. The van der Waals surface area contributed by atoms with Crippen molar-refractivity contribution in [1.82, 2.24) is 9.97 Å². The number of hydrogen-bond donors (Lipinski definition) is 1. The van der Waals surface area contributed by atoms with Gasteiger partial charge in [0.1, 0.15) is 16.6 Å². The molecule has 1 N–H and O–H groups in total. The van der Waals surface area contributed by atoms with Gasteiger partial charge in [0.15, 0.2) is 0 Å². The van der Waals surface area contributed by atoms with Crippen molar-refractivity contribution in [3.8, 4) is 17.3 Å². The van der Waals surface area contributed by atoms with Gasteiger partial charge in [-0.25, -0.2) is 4.98 Å². The van der Waals surface area contributed by atoms with Gasteiger partial charge in [0.25, 0.3) is 0 Å². The summed E-state index contributed by atoms with van der Waals surface area (Å²) in [4.78, 5) is 8.10.